The van der Waals surface area contributed by atoms with Crippen molar-refractivity contribution in [1.82, 2.24) is 9.88 Å². The van der Waals surface area contributed by atoms with Crippen LogP contribution in [0.25, 0.3) is 0 Å². The van der Waals surface area contributed by atoms with Crippen molar-refractivity contribution < 1.29 is 14.3 Å². The Balaban J connectivity index is 1.99. The van der Waals surface area contributed by atoms with Crippen LogP contribution < -0.4 is 5.32 Å². The van der Waals surface area contributed by atoms with E-state index >= 15 is 0 Å². The summed E-state index contributed by atoms with van der Waals surface area (Å²) in [6.07, 6.45) is 3.99. The number of hydrogen-bond acceptors (Lipinski definition) is 4. The van der Waals surface area contributed by atoms with Gasteiger partial charge < -0.3 is 9.64 Å². The van der Waals surface area contributed by atoms with Gasteiger partial charge in [-0.2, -0.15) is 0 Å². The number of nitrogens with one attached hydrogen (secondary N) is 1. The van der Waals surface area contributed by atoms with Crippen molar-refractivity contribution in [2.24, 2.45) is 0 Å². The minimum absolute atomic E-state index is 0.0885. The fourth-order valence-corrected chi connectivity index (χ4v) is 2.36. The molecule has 1 atom stereocenters. The van der Waals surface area contributed by atoms with Gasteiger partial charge in [0, 0.05) is 12.7 Å². The maximum Gasteiger partial charge on any atom is 0.413 e. The Hall–Kier alpha value is -2.11. The molecular formula is C15H21N3O3. The van der Waals surface area contributed by atoms with Gasteiger partial charge in [0.15, 0.2) is 0 Å². The largest absolute Gasteiger partial charge is 0.444 e. The molecule has 0 spiro atoms. The summed E-state index contributed by atoms with van der Waals surface area (Å²) in [7, 11) is 0. The van der Waals surface area contributed by atoms with Crippen LogP contribution in [-0.2, 0) is 9.53 Å². The number of likely N-dealkylation sites (tertiary alicyclic amines) is 1. The number of hydrogen-bond donors (Lipinski definition) is 1. The zero-order chi connectivity index (χ0) is 15.5. The van der Waals surface area contributed by atoms with E-state index in [1.807, 2.05) is 6.07 Å². The van der Waals surface area contributed by atoms with Crippen molar-refractivity contribution in [3.8, 4) is 0 Å². The van der Waals surface area contributed by atoms with Crippen LogP contribution in [0.4, 0.5) is 10.6 Å². The van der Waals surface area contributed by atoms with Crippen LogP contribution in [-0.4, -0.2) is 34.5 Å². The Morgan fingerprint density at radius 1 is 1.48 bits per heavy atom. The highest BCUT2D eigenvalue weighted by Gasteiger charge is 2.24. The van der Waals surface area contributed by atoms with Gasteiger partial charge in [-0.05, 0) is 45.2 Å². The van der Waals surface area contributed by atoms with E-state index in [9.17, 15) is 9.59 Å². The molecule has 0 aliphatic carbocycles. The lowest BCUT2D eigenvalue weighted by Crippen LogP contribution is -2.27. The van der Waals surface area contributed by atoms with Crippen LogP contribution in [0.1, 0.15) is 45.2 Å². The van der Waals surface area contributed by atoms with Gasteiger partial charge in [-0.3, -0.25) is 10.1 Å². The molecule has 1 aliphatic heterocycles. The molecule has 0 saturated carbocycles. The minimum atomic E-state index is -0.543. The van der Waals surface area contributed by atoms with Crippen molar-refractivity contribution in [1.29, 1.82) is 0 Å². The SMILES string of the molecule is CC(C)(C)OC(=O)Nc1ccc([C@H]2CCCN2C=O)cn1. The maximum atomic E-state index is 11.6. The standard InChI is InChI=1S/C15H21N3O3/c1-15(2,3)21-14(20)17-13-7-6-11(9-16-13)12-5-4-8-18(12)10-19/h6-7,9-10,12H,4-5,8H2,1-3H3,(H,16,17,20)/t12-/m1/s1. The lowest BCUT2D eigenvalue weighted by molar-refractivity contribution is -0.118. The summed E-state index contributed by atoms with van der Waals surface area (Å²) in [4.78, 5) is 28.6. The Kier molecular flexibility index (Phi) is 4.45. The van der Waals surface area contributed by atoms with E-state index < -0.39 is 11.7 Å². The first-order valence-corrected chi connectivity index (χ1v) is 7.06. The molecule has 6 heteroatoms. The number of nitrogens with zero attached hydrogens (tertiary/aromatic N) is 2. The smallest absolute Gasteiger partial charge is 0.413 e. The van der Waals surface area contributed by atoms with Gasteiger partial charge in [0.1, 0.15) is 11.4 Å². The van der Waals surface area contributed by atoms with Gasteiger partial charge in [0.05, 0.1) is 6.04 Å². The van der Waals surface area contributed by atoms with Crippen LogP contribution in [0.15, 0.2) is 18.3 Å². The van der Waals surface area contributed by atoms with Crippen molar-refractivity contribution in [2.45, 2.75) is 45.3 Å². The van der Waals surface area contributed by atoms with Crippen LogP contribution in [0.5, 0.6) is 0 Å². The molecule has 0 unspecified atom stereocenters. The van der Waals surface area contributed by atoms with Crippen LogP contribution in [0.3, 0.4) is 0 Å². The van der Waals surface area contributed by atoms with Crippen LogP contribution in [0.2, 0.25) is 0 Å². The molecule has 1 aromatic rings. The summed E-state index contributed by atoms with van der Waals surface area (Å²) >= 11 is 0. The second kappa shape index (κ2) is 6.11. The third kappa shape index (κ3) is 4.18. The Morgan fingerprint density at radius 3 is 2.81 bits per heavy atom. The molecule has 1 aromatic heterocycles. The first-order chi connectivity index (χ1) is 9.89. The summed E-state index contributed by atoms with van der Waals surface area (Å²) < 4.78 is 5.16. The van der Waals surface area contributed by atoms with Crippen LogP contribution >= 0.6 is 0 Å². The number of amides is 2. The lowest BCUT2D eigenvalue weighted by Gasteiger charge is -2.21. The van der Waals surface area contributed by atoms with E-state index in [-0.39, 0.29) is 6.04 Å². The molecule has 2 rings (SSSR count). The Bertz CT molecular complexity index is 508. The van der Waals surface area contributed by atoms with Gasteiger partial charge in [-0.25, -0.2) is 9.78 Å². The summed E-state index contributed by atoms with van der Waals surface area (Å²) in [6, 6.07) is 3.69. The molecule has 2 amide bonds. The number of carbonyl (C=O) groups is 2. The van der Waals surface area contributed by atoms with E-state index in [1.54, 1.807) is 37.9 Å². The van der Waals surface area contributed by atoms with Crippen molar-refractivity contribution >= 4 is 18.3 Å². The van der Waals surface area contributed by atoms with Gasteiger partial charge in [-0.1, -0.05) is 6.07 Å². The predicted molar refractivity (Wildman–Crippen MR) is 78.8 cm³/mol. The molecule has 6 nitrogen and oxygen atoms in total. The zero-order valence-corrected chi connectivity index (χ0v) is 12.6. The fourth-order valence-electron chi connectivity index (χ4n) is 2.36. The van der Waals surface area contributed by atoms with E-state index in [2.05, 4.69) is 10.3 Å². The normalized spacial score (nSPS) is 18.4. The number of pyridine rings is 1. The molecule has 1 aliphatic rings. The average molecular weight is 291 g/mol. The molecule has 1 N–H and O–H groups in total. The van der Waals surface area contributed by atoms with Gasteiger partial charge >= 0.3 is 6.09 Å². The van der Waals surface area contributed by atoms with Gasteiger partial charge in [0.25, 0.3) is 0 Å². The summed E-state index contributed by atoms with van der Waals surface area (Å²) in [6.45, 7) is 6.19. The quantitative estimate of drug-likeness (QED) is 0.869. The fraction of sp³-hybridized carbons (Fsp3) is 0.533. The maximum absolute atomic E-state index is 11.6. The first kappa shape index (κ1) is 15.3. The van der Waals surface area contributed by atoms with E-state index in [1.165, 1.54) is 0 Å². The third-order valence-electron chi connectivity index (χ3n) is 3.23. The molecule has 1 saturated heterocycles. The molecule has 2 heterocycles. The van der Waals surface area contributed by atoms with Crippen molar-refractivity contribution in [2.75, 3.05) is 11.9 Å². The molecule has 0 radical (unpaired) electrons. The Morgan fingerprint density at radius 2 is 2.24 bits per heavy atom. The predicted octanol–water partition coefficient (Wildman–Crippen LogP) is 2.72. The lowest BCUT2D eigenvalue weighted by atomic mass is 10.1. The van der Waals surface area contributed by atoms with E-state index in [0.717, 1.165) is 31.4 Å². The number of rotatable bonds is 3. The first-order valence-electron chi connectivity index (χ1n) is 7.06. The zero-order valence-electron chi connectivity index (χ0n) is 12.6. The molecule has 21 heavy (non-hydrogen) atoms. The number of carbonyl (C=O) groups excluding carboxylic acids is 2. The third-order valence-corrected chi connectivity index (χ3v) is 3.23. The summed E-state index contributed by atoms with van der Waals surface area (Å²) in [5, 5.41) is 2.59. The van der Waals surface area contributed by atoms with Crippen molar-refractivity contribution in [3.05, 3.63) is 23.9 Å². The highest BCUT2D eigenvalue weighted by molar-refractivity contribution is 5.83. The molecule has 0 aromatic carbocycles. The molecule has 1 fully saturated rings. The van der Waals surface area contributed by atoms with E-state index in [0.29, 0.717) is 5.82 Å². The molecule has 0 bridgehead atoms. The Labute approximate surface area is 124 Å². The highest BCUT2D eigenvalue weighted by atomic mass is 16.6. The minimum Gasteiger partial charge on any atom is -0.444 e. The molecular weight excluding hydrogens is 270 g/mol. The second-order valence-corrected chi connectivity index (χ2v) is 6.10. The number of ether oxygens (including phenoxy) is 1. The van der Waals surface area contributed by atoms with Crippen LogP contribution in [0, 0.1) is 0 Å². The number of aromatic nitrogens is 1. The topological polar surface area (TPSA) is 71.5 Å². The van der Waals surface area contributed by atoms with E-state index in [4.69, 9.17) is 4.74 Å². The number of anilines is 1. The van der Waals surface area contributed by atoms with Crippen molar-refractivity contribution in [3.63, 3.8) is 0 Å². The second-order valence-electron chi connectivity index (χ2n) is 6.10. The van der Waals surface area contributed by atoms with Gasteiger partial charge in [-0.15, -0.1) is 0 Å². The average Bonchev–Trinajstić information content (AvgIpc) is 2.85. The van der Waals surface area contributed by atoms with Gasteiger partial charge in [0.2, 0.25) is 6.41 Å². The highest BCUT2D eigenvalue weighted by Crippen LogP contribution is 2.30. The summed E-state index contributed by atoms with van der Waals surface area (Å²) in [5.74, 6) is 0.434. The molecule has 114 valence electrons. The summed E-state index contributed by atoms with van der Waals surface area (Å²) in [5.41, 5.74) is 0.438. The monoisotopic (exact) mass is 291 g/mol.